The quantitative estimate of drug-likeness (QED) is 0.825. The molecule has 142 valence electrons. The molecule has 0 radical (unpaired) electrons. The Kier molecular flexibility index (Phi) is 5.43. The Hall–Kier alpha value is -2.90. The van der Waals surface area contributed by atoms with Crippen LogP contribution in [0.4, 0.5) is 23.2 Å². The maximum Gasteiger partial charge on any atom is 0.253 e. The molecule has 1 heterocycles. The second-order valence-corrected chi connectivity index (χ2v) is 6.31. The van der Waals surface area contributed by atoms with Gasteiger partial charge in [-0.15, -0.1) is 0 Å². The van der Waals surface area contributed by atoms with Crippen molar-refractivity contribution in [2.24, 2.45) is 5.92 Å². The minimum Gasteiger partial charge on any atom is -0.339 e. The number of nitrogens with one attached hydrogen (secondary N) is 1. The van der Waals surface area contributed by atoms with Crippen LogP contribution in [-0.4, -0.2) is 29.8 Å². The first-order chi connectivity index (χ1) is 12.8. The number of piperidine rings is 1. The summed E-state index contributed by atoms with van der Waals surface area (Å²) < 4.78 is 52.4. The number of hydrogen-bond donors (Lipinski definition) is 1. The molecule has 1 aliphatic rings. The topological polar surface area (TPSA) is 49.4 Å². The van der Waals surface area contributed by atoms with Crippen LogP contribution in [0.2, 0.25) is 0 Å². The summed E-state index contributed by atoms with van der Waals surface area (Å²) in [5.41, 5.74) is 0.192. The van der Waals surface area contributed by atoms with Gasteiger partial charge in [0.05, 0.1) is 0 Å². The third-order valence-electron chi connectivity index (χ3n) is 4.51. The normalized spacial score (nSPS) is 14.9. The van der Waals surface area contributed by atoms with E-state index < -0.39 is 35.1 Å². The monoisotopic (exact) mass is 380 g/mol. The maximum atomic E-state index is 13.3. The van der Waals surface area contributed by atoms with Gasteiger partial charge in [-0.2, -0.15) is 0 Å². The fourth-order valence-electron chi connectivity index (χ4n) is 2.97. The second kappa shape index (κ2) is 7.77. The van der Waals surface area contributed by atoms with Crippen LogP contribution in [0.15, 0.2) is 36.4 Å². The average molecular weight is 380 g/mol. The van der Waals surface area contributed by atoms with Crippen LogP contribution in [0, 0.1) is 29.2 Å². The number of likely N-dealkylation sites (tertiary alicyclic amines) is 1. The van der Waals surface area contributed by atoms with E-state index in [0.29, 0.717) is 12.8 Å². The molecule has 3 rings (SSSR count). The Balaban J connectivity index is 1.57. The summed E-state index contributed by atoms with van der Waals surface area (Å²) in [6.45, 7) is 0.543. The van der Waals surface area contributed by atoms with Gasteiger partial charge in [-0.3, -0.25) is 9.59 Å². The van der Waals surface area contributed by atoms with Crippen LogP contribution >= 0.6 is 0 Å². The summed E-state index contributed by atoms with van der Waals surface area (Å²) in [7, 11) is 0. The van der Waals surface area contributed by atoms with E-state index in [1.54, 1.807) is 0 Å². The first kappa shape index (κ1) is 18.9. The molecule has 2 aromatic rings. The fraction of sp³-hybridized carbons (Fsp3) is 0.263. The van der Waals surface area contributed by atoms with Gasteiger partial charge in [0.1, 0.15) is 0 Å². The van der Waals surface area contributed by atoms with Gasteiger partial charge < -0.3 is 10.2 Å². The largest absolute Gasteiger partial charge is 0.339 e. The highest BCUT2D eigenvalue weighted by Crippen LogP contribution is 2.22. The first-order valence-electron chi connectivity index (χ1n) is 8.35. The van der Waals surface area contributed by atoms with Crippen molar-refractivity contribution in [3.05, 3.63) is 65.2 Å². The maximum absolute atomic E-state index is 13.3. The van der Waals surface area contributed by atoms with Gasteiger partial charge in [0.25, 0.3) is 5.91 Å². The van der Waals surface area contributed by atoms with Crippen molar-refractivity contribution < 1.29 is 27.2 Å². The Morgan fingerprint density at radius 1 is 0.852 bits per heavy atom. The van der Waals surface area contributed by atoms with Crippen molar-refractivity contribution in [3.63, 3.8) is 0 Å². The number of anilines is 1. The standard InChI is InChI=1S/C19H16F4N2O2/c20-14-3-1-12(9-16(14)22)19(27)25-7-5-11(6-8-25)18(26)24-13-2-4-15(21)17(23)10-13/h1-4,9-11H,5-8H2,(H,24,26). The van der Waals surface area contributed by atoms with Crippen molar-refractivity contribution in [2.75, 3.05) is 18.4 Å². The highest BCUT2D eigenvalue weighted by atomic mass is 19.2. The summed E-state index contributed by atoms with van der Waals surface area (Å²) in [4.78, 5) is 26.1. The molecule has 2 aromatic carbocycles. The third kappa shape index (κ3) is 4.27. The minimum atomic E-state index is -1.10. The molecule has 1 fully saturated rings. The van der Waals surface area contributed by atoms with Crippen LogP contribution in [0.25, 0.3) is 0 Å². The molecule has 1 saturated heterocycles. The number of amides is 2. The predicted octanol–water partition coefficient (Wildman–Crippen LogP) is 3.73. The van der Waals surface area contributed by atoms with Crippen molar-refractivity contribution in [3.8, 4) is 0 Å². The molecule has 1 aliphatic heterocycles. The molecule has 0 atom stereocenters. The number of halogens is 4. The molecule has 27 heavy (non-hydrogen) atoms. The Labute approximate surface area is 152 Å². The smallest absolute Gasteiger partial charge is 0.253 e. The average Bonchev–Trinajstić information content (AvgIpc) is 2.66. The molecular formula is C19H16F4N2O2. The van der Waals surface area contributed by atoms with Crippen LogP contribution < -0.4 is 5.32 Å². The molecule has 2 amide bonds. The SMILES string of the molecule is O=C(Nc1ccc(F)c(F)c1)C1CCN(C(=O)c2ccc(F)c(F)c2)CC1. The molecular weight excluding hydrogens is 364 g/mol. The van der Waals surface area contributed by atoms with E-state index in [-0.39, 0.29) is 30.2 Å². The minimum absolute atomic E-state index is 0.0404. The Bertz CT molecular complexity index is 880. The number of carbonyl (C=O) groups excluding carboxylic acids is 2. The van der Waals surface area contributed by atoms with E-state index in [1.807, 2.05) is 0 Å². The summed E-state index contributed by atoms with van der Waals surface area (Å²) in [6.07, 6.45) is 0.732. The summed E-state index contributed by atoms with van der Waals surface area (Å²) in [6, 6.07) is 6.04. The molecule has 0 bridgehead atoms. The zero-order valence-corrected chi connectivity index (χ0v) is 14.1. The highest BCUT2D eigenvalue weighted by Gasteiger charge is 2.28. The molecule has 0 aliphatic carbocycles. The van der Waals surface area contributed by atoms with Crippen molar-refractivity contribution >= 4 is 17.5 Å². The zero-order chi connectivity index (χ0) is 19.6. The van der Waals surface area contributed by atoms with Crippen molar-refractivity contribution in [1.82, 2.24) is 4.90 Å². The molecule has 0 aromatic heterocycles. The lowest BCUT2D eigenvalue weighted by molar-refractivity contribution is -0.121. The Morgan fingerprint density at radius 3 is 2.04 bits per heavy atom. The van der Waals surface area contributed by atoms with E-state index in [4.69, 9.17) is 0 Å². The first-order valence-corrected chi connectivity index (χ1v) is 8.35. The molecule has 0 unspecified atom stereocenters. The molecule has 0 spiro atoms. The highest BCUT2D eigenvalue weighted by molar-refractivity contribution is 5.95. The van der Waals surface area contributed by atoms with Crippen molar-refractivity contribution in [1.29, 1.82) is 0 Å². The van der Waals surface area contributed by atoms with E-state index >= 15 is 0 Å². The fourth-order valence-corrected chi connectivity index (χ4v) is 2.97. The van der Waals surface area contributed by atoms with Gasteiger partial charge in [0.15, 0.2) is 23.3 Å². The van der Waals surface area contributed by atoms with Crippen LogP contribution in [0.1, 0.15) is 23.2 Å². The van der Waals surface area contributed by atoms with Gasteiger partial charge in [0.2, 0.25) is 5.91 Å². The zero-order valence-electron chi connectivity index (χ0n) is 14.1. The van der Waals surface area contributed by atoms with Crippen LogP contribution in [0.3, 0.4) is 0 Å². The molecule has 8 heteroatoms. The van der Waals surface area contributed by atoms with Gasteiger partial charge in [0, 0.05) is 36.3 Å². The van der Waals surface area contributed by atoms with Crippen LogP contribution in [0.5, 0.6) is 0 Å². The summed E-state index contributed by atoms with van der Waals surface area (Å²) in [5.74, 6) is -5.36. The summed E-state index contributed by atoms with van der Waals surface area (Å²) >= 11 is 0. The number of nitrogens with zero attached hydrogens (tertiary/aromatic N) is 1. The van der Waals surface area contributed by atoms with E-state index in [0.717, 1.165) is 24.3 Å². The van der Waals surface area contributed by atoms with E-state index in [1.165, 1.54) is 17.0 Å². The lowest BCUT2D eigenvalue weighted by Crippen LogP contribution is -2.41. The third-order valence-corrected chi connectivity index (χ3v) is 4.51. The van der Waals surface area contributed by atoms with Gasteiger partial charge in [-0.25, -0.2) is 17.6 Å². The van der Waals surface area contributed by atoms with Crippen molar-refractivity contribution in [2.45, 2.75) is 12.8 Å². The van der Waals surface area contributed by atoms with Gasteiger partial charge in [-0.05, 0) is 43.2 Å². The molecule has 4 nitrogen and oxygen atoms in total. The predicted molar refractivity (Wildman–Crippen MR) is 90.0 cm³/mol. The number of carbonyl (C=O) groups is 2. The lowest BCUT2D eigenvalue weighted by Gasteiger charge is -2.31. The molecule has 1 N–H and O–H groups in total. The Morgan fingerprint density at radius 2 is 1.44 bits per heavy atom. The number of rotatable bonds is 3. The molecule has 0 saturated carbocycles. The second-order valence-electron chi connectivity index (χ2n) is 6.31. The van der Waals surface area contributed by atoms with Crippen LogP contribution in [-0.2, 0) is 4.79 Å². The number of hydrogen-bond acceptors (Lipinski definition) is 2. The summed E-state index contributed by atoms with van der Waals surface area (Å²) in [5, 5.41) is 2.53. The van der Waals surface area contributed by atoms with Gasteiger partial charge in [-0.1, -0.05) is 0 Å². The number of benzene rings is 2. The van der Waals surface area contributed by atoms with E-state index in [9.17, 15) is 27.2 Å². The van der Waals surface area contributed by atoms with E-state index in [2.05, 4.69) is 5.32 Å². The lowest BCUT2D eigenvalue weighted by atomic mass is 9.95. The van der Waals surface area contributed by atoms with Gasteiger partial charge >= 0.3 is 0 Å².